The van der Waals surface area contributed by atoms with Crippen LogP contribution in [-0.4, -0.2) is 48.9 Å². The molecule has 12 heteroatoms. The molecule has 0 aliphatic heterocycles. The topological polar surface area (TPSA) is 141 Å². The predicted octanol–water partition coefficient (Wildman–Crippen LogP) is 2.69. The minimum atomic E-state index is -0.693. The SMILES string of the molecule is CCSc1nc(NC(C)C)c2cnn(CCNC(=O)c3ccc([N+](=O)[O-])o3)c2n1. The molecule has 0 atom stereocenters. The van der Waals surface area contributed by atoms with Crippen molar-refractivity contribution < 1.29 is 14.1 Å². The molecular weight excluding hydrogens is 398 g/mol. The summed E-state index contributed by atoms with van der Waals surface area (Å²) in [5, 5.41) is 22.4. The van der Waals surface area contributed by atoms with E-state index in [9.17, 15) is 14.9 Å². The number of carbonyl (C=O) groups excluding carboxylic acids is 1. The highest BCUT2D eigenvalue weighted by Crippen LogP contribution is 2.24. The number of thioether (sulfide) groups is 1. The zero-order valence-electron chi connectivity index (χ0n) is 16.2. The van der Waals surface area contributed by atoms with Crippen LogP contribution in [0.1, 0.15) is 31.3 Å². The smallest absolute Gasteiger partial charge is 0.395 e. The van der Waals surface area contributed by atoms with E-state index in [0.29, 0.717) is 17.3 Å². The van der Waals surface area contributed by atoms with Crippen molar-refractivity contribution in [2.45, 2.75) is 38.5 Å². The molecule has 2 N–H and O–H groups in total. The number of fused-ring (bicyclic) bond motifs is 1. The largest absolute Gasteiger partial charge is 0.433 e. The minimum Gasteiger partial charge on any atom is -0.395 e. The van der Waals surface area contributed by atoms with Gasteiger partial charge in [0.15, 0.2) is 16.6 Å². The molecular formula is C17H21N7O4S. The zero-order valence-corrected chi connectivity index (χ0v) is 17.0. The lowest BCUT2D eigenvalue weighted by Crippen LogP contribution is -2.27. The number of aromatic nitrogens is 4. The summed E-state index contributed by atoms with van der Waals surface area (Å²) in [6.07, 6.45) is 1.69. The van der Waals surface area contributed by atoms with Crippen LogP contribution >= 0.6 is 11.8 Å². The second-order valence-electron chi connectivity index (χ2n) is 6.34. The number of amides is 1. The number of nitrogens with one attached hydrogen (secondary N) is 2. The van der Waals surface area contributed by atoms with Gasteiger partial charge in [-0.05, 0) is 25.7 Å². The summed E-state index contributed by atoms with van der Waals surface area (Å²) in [6.45, 7) is 6.70. The fraction of sp³-hybridized carbons (Fsp3) is 0.412. The van der Waals surface area contributed by atoms with Gasteiger partial charge < -0.3 is 15.1 Å². The van der Waals surface area contributed by atoms with Gasteiger partial charge in [0.05, 0.1) is 24.2 Å². The standard InChI is InChI=1S/C17H21N7O4S/c1-4-29-17-21-14(20-10(2)3)11-9-19-23(15(11)22-17)8-7-18-16(25)12-5-6-13(28-12)24(26)27/h5-6,9-10H,4,7-8H2,1-3H3,(H,18,25)(H,20,21,22). The molecule has 0 bridgehead atoms. The van der Waals surface area contributed by atoms with Crippen LogP contribution in [0.25, 0.3) is 11.0 Å². The summed E-state index contributed by atoms with van der Waals surface area (Å²) < 4.78 is 6.58. The van der Waals surface area contributed by atoms with Gasteiger partial charge in [-0.2, -0.15) is 5.10 Å². The molecule has 0 spiro atoms. The number of furan rings is 1. The third-order valence-corrected chi connectivity index (χ3v) is 4.51. The lowest BCUT2D eigenvalue weighted by Gasteiger charge is -2.11. The number of nitro groups is 1. The molecule has 0 saturated carbocycles. The second kappa shape index (κ2) is 8.90. The van der Waals surface area contributed by atoms with Crippen molar-refractivity contribution in [3.8, 4) is 0 Å². The van der Waals surface area contributed by atoms with Gasteiger partial charge in [-0.25, -0.2) is 14.6 Å². The third kappa shape index (κ3) is 4.83. The first-order valence-corrected chi connectivity index (χ1v) is 10.0. The first-order chi connectivity index (χ1) is 13.9. The molecule has 1 amide bonds. The van der Waals surface area contributed by atoms with Crippen LogP contribution in [0, 0.1) is 10.1 Å². The van der Waals surface area contributed by atoms with Crippen molar-refractivity contribution in [1.29, 1.82) is 0 Å². The minimum absolute atomic E-state index is 0.116. The molecule has 11 nitrogen and oxygen atoms in total. The van der Waals surface area contributed by atoms with Gasteiger partial charge in [0.25, 0.3) is 5.91 Å². The van der Waals surface area contributed by atoms with Crippen LogP contribution < -0.4 is 10.6 Å². The summed E-state index contributed by atoms with van der Waals surface area (Å²) in [6, 6.07) is 2.61. The summed E-state index contributed by atoms with van der Waals surface area (Å²) in [4.78, 5) is 31.2. The molecule has 0 aromatic carbocycles. The van der Waals surface area contributed by atoms with Crippen LogP contribution in [0.4, 0.5) is 11.7 Å². The Morgan fingerprint density at radius 3 is 2.83 bits per heavy atom. The van der Waals surface area contributed by atoms with Crippen molar-refractivity contribution >= 4 is 40.4 Å². The zero-order chi connectivity index (χ0) is 21.0. The van der Waals surface area contributed by atoms with E-state index < -0.39 is 16.7 Å². The molecule has 0 aliphatic rings. The Hall–Kier alpha value is -3.15. The molecule has 3 heterocycles. The Morgan fingerprint density at radius 1 is 1.38 bits per heavy atom. The maximum absolute atomic E-state index is 12.1. The quantitative estimate of drug-likeness (QED) is 0.232. The Bertz CT molecular complexity index is 1030. The molecule has 0 unspecified atom stereocenters. The van der Waals surface area contributed by atoms with Gasteiger partial charge in [-0.1, -0.05) is 18.7 Å². The molecule has 3 rings (SSSR count). The third-order valence-electron chi connectivity index (χ3n) is 3.78. The van der Waals surface area contributed by atoms with Gasteiger partial charge in [-0.15, -0.1) is 0 Å². The lowest BCUT2D eigenvalue weighted by molar-refractivity contribution is -0.402. The lowest BCUT2D eigenvalue weighted by atomic mass is 10.3. The molecule has 0 saturated heterocycles. The van der Waals surface area contributed by atoms with Crippen LogP contribution in [0.5, 0.6) is 0 Å². The second-order valence-corrected chi connectivity index (χ2v) is 7.57. The molecule has 29 heavy (non-hydrogen) atoms. The van der Waals surface area contributed by atoms with Crippen LogP contribution in [0.2, 0.25) is 0 Å². The van der Waals surface area contributed by atoms with Gasteiger partial charge in [0.2, 0.25) is 0 Å². The fourth-order valence-corrected chi connectivity index (χ4v) is 3.15. The number of carbonyl (C=O) groups is 1. The van der Waals surface area contributed by atoms with Crippen molar-refractivity contribution in [1.82, 2.24) is 25.1 Å². The summed E-state index contributed by atoms with van der Waals surface area (Å²) in [5.41, 5.74) is 0.669. The van der Waals surface area contributed by atoms with Crippen LogP contribution in [-0.2, 0) is 6.54 Å². The fourth-order valence-electron chi connectivity index (χ4n) is 2.59. The summed E-state index contributed by atoms with van der Waals surface area (Å²) >= 11 is 1.53. The molecule has 3 aromatic rings. The van der Waals surface area contributed by atoms with Gasteiger partial charge >= 0.3 is 5.88 Å². The van der Waals surface area contributed by atoms with E-state index in [0.717, 1.165) is 23.0 Å². The maximum atomic E-state index is 12.1. The average Bonchev–Trinajstić information content (AvgIpc) is 3.29. The highest BCUT2D eigenvalue weighted by Gasteiger charge is 2.18. The number of hydrogen-bond donors (Lipinski definition) is 2. The van der Waals surface area contributed by atoms with Crippen molar-refractivity contribution in [3.05, 3.63) is 34.2 Å². The van der Waals surface area contributed by atoms with Crippen LogP contribution in [0.3, 0.4) is 0 Å². The number of anilines is 1. The van der Waals surface area contributed by atoms with E-state index >= 15 is 0 Å². The number of hydrogen-bond acceptors (Lipinski definition) is 9. The highest BCUT2D eigenvalue weighted by atomic mass is 32.2. The van der Waals surface area contributed by atoms with Crippen LogP contribution in [0.15, 0.2) is 27.9 Å². The molecule has 3 aromatic heterocycles. The predicted molar refractivity (Wildman–Crippen MR) is 108 cm³/mol. The number of nitrogens with zero attached hydrogens (tertiary/aromatic N) is 5. The molecule has 0 fully saturated rings. The Balaban J connectivity index is 1.73. The van der Waals surface area contributed by atoms with Crippen molar-refractivity contribution in [2.75, 3.05) is 17.6 Å². The highest BCUT2D eigenvalue weighted by molar-refractivity contribution is 7.99. The first-order valence-electron chi connectivity index (χ1n) is 9.04. The van der Waals surface area contributed by atoms with Gasteiger partial charge in [0, 0.05) is 12.6 Å². The van der Waals surface area contributed by atoms with E-state index in [1.165, 1.54) is 17.8 Å². The van der Waals surface area contributed by atoms with Crippen molar-refractivity contribution in [3.63, 3.8) is 0 Å². The van der Waals surface area contributed by atoms with E-state index in [2.05, 4.69) is 25.7 Å². The Kier molecular flexibility index (Phi) is 6.32. The normalized spacial score (nSPS) is 11.2. The van der Waals surface area contributed by atoms with Gasteiger partial charge in [-0.3, -0.25) is 14.9 Å². The average molecular weight is 419 g/mol. The first kappa shape index (κ1) is 20.6. The number of rotatable bonds is 9. The van der Waals surface area contributed by atoms with Crippen molar-refractivity contribution in [2.24, 2.45) is 0 Å². The molecule has 154 valence electrons. The molecule has 0 aliphatic carbocycles. The monoisotopic (exact) mass is 419 g/mol. The summed E-state index contributed by atoms with van der Waals surface area (Å²) in [7, 11) is 0. The summed E-state index contributed by atoms with van der Waals surface area (Å²) in [5.74, 6) is 0.435. The maximum Gasteiger partial charge on any atom is 0.433 e. The van der Waals surface area contributed by atoms with Gasteiger partial charge in [0.1, 0.15) is 10.7 Å². The Morgan fingerprint density at radius 2 is 2.17 bits per heavy atom. The Labute approximate surface area is 170 Å². The van der Waals surface area contributed by atoms with E-state index in [1.807, 2.05) is 20.8 Å². The van der Waals surface area contributed by atoms with E-state index in [4.69, 9.17) is 4.42 Å². The van der Waals surface area contributed by atoms with E-state index in [1.54, 1.807) is 10.9 Å². The van der Waals surface area contributed by atoms with E-state index in [-0.39, 0.29) is 18.3 Å². The molecule has 0 radical (unpaired) electrons.